The highest BCUT2D eigenvalue weighted by atomic mass is 32.2. The molecule has 0 radical (unpaired) electrons. The van der Waals surface area contributed by atoms with E-state index in [0.29, 0.717) is 13.0 Å². The van der Waals surface area contributed by atoms with E-state index in [9.17, 15) is 4.79 Å². The van der Waals surface area contributed by atoms with Gasteiger partial charge in [-0.1, -0.05) is 0 Å². The largest absolute Gasteiger partial charge is 0.394 e. The first kappa shape index (κ1) is 12.7. The summed E-state index contributed by atoms with van der Waals surface area (Å²) in [4.78, 5) is 11.2. The molecular weight excluding hydrogens is 190 g/mol. The summed E-state index contributed by atoms with van der Waals surface area (Å²) in [6.45, 7) is 0.264. The van der Waals surface area contributed by atoms with Crippen molar-refractivity contribution < 1.29 is 14.6 Å². The van der Waals surface area contributed by atoms with Gasteiger partial charge >= 0.3 is 0 Å². The molecule has 1 unspecified atom stereocenters. The lowest BCUT2D eigenvalue weighted by molar-refractivity contribution is -0.122. The van der Waals surface area contributed by atoms with Crippen molar-refractivity contribution in [2.24, 2.45) is 0 Å². The van der Waals surface area contributed by atoms with Gasteiger partial charge in [0.05, 0.1) is 19.3 Å². The lowest BCUT2D eigenvalue weighted by Crippen LogP contribution is -2.40. The van der Waals surface area contributed by atoms with Gasteiger partial charge < -0.3 is 15.2 Å². The molecule has 0 spiro atoms. The molecule has 78 valence electrons. The zero-order valence-electron chi connectivity index (χ0n) is 8.08. The molecule has 0 rings (SSSR count). The average molecular weight is 207 g/mol. The van der Waals surface area contributed by atoms with Gasteiger partial charge in [-0.15, -0.1) is 0 Å². The molecule has 1 atom stereocenters. The van der Waals surface area contributed by atoms with Crippen LogP contribution in [-0.2, 0) is 9.53 Å². The summed E-state index contributed by atoms with van der Waals surface area (Å²) >= 11 is 1.62. The molecular formula is C8H17NO3S. The Morgan fingerprint density at radius 1 is 1.69 bits per heavy atom. The first-order valence-electron chi connectivity index (χ1n) is 4.12. The van der Waals surface area contributed by atoms with Gasteiger partial charge in [0, 0.05) is 19.3 Å². The van der Waals surface area contributed by atoms with Crippen molar-refractivity contribution in [2.75, 3.05) is 32.3 Å². The monoisotopic (exact) mass is 207 g/mol. The van der Waals surface area contributed by atoms with Crippen molar-refractivity contribution in [1.29, 1.82) is 0 Å². The molecule has 5 heteroatoms. The SMILES string of the molecule is COCC(CO)NC(=O)CCSC. The Kier molecular flexibility index (Phi) is 8.18. The second-order valence-electron chi connectivity index (χ2n) is 2.65. The number of carbonyl (C=O) groups is 1. The molecule has 0 aliphatic carbocycles. The minimum Gasteiger partial charge on any atom is -0.394 e. The summed E-state index contributed by atoms with van der Waals surface area (Å²) < 4.78 is 4.82. The van der Waals surface area contributed by atoms with Crippen molar-refractivity contribution in [3.8, 4) is 0 Å². The predicted molar refractivity (Wildman–Crippen MR) is 53.9 cm³/mol. The van der Waals surface area contributed by atoms with E-state index < -0.39 is 0 Å². The summed E-state index contributed by atoms with van der Waals surface area (Å²) in [5, 5.41) is 11.5. The minimum atomic E-state index is -0.278. The second-order valence-corrected chi connectivity index (χ2v) is 3.63. The molecule has 2 N–H and O–H groups in total. The van der Waals surface area contributed by atoms with Gasteiger partial charge in [0.25, 0.3) is 0 Å². The smallest absolute Gasteiger partial charge is 0.221 e. The molecule has 0 fully saturated rings. The molecule has 0 aromatic heterocycles. The summed E-state index contributed by atoms with van der Waals surface area (Å²) in [6, 6.07) is -0.278. The Bertz CT molecular complexity index is 143. The van der Waals surface area contributed by atoms with Crippen LogP contribution in [0.4, 0.5) is 0 Å². The number of ether oxygens (including phenoxy) is 1. The summed E-state index contributed by atoms with van der Waals surface area (Å²) in [5.74, 6) is 0.766. The fourth-order valence-corrected chi connectivity index (χ4v) is 1.23. The van der Waals surface area contributed by atoms with Crippen molar-refractivity contribution >= 4 is 17.7 Å². The number of aliphatic hydroxyl groups excluding tert-OH is 1. The van der Waals surface area contributed by atoms with E-state index in [0.717, 1.165) is 5.75 Å². The zero-order chi connectivity index (χ0) is 10.1. The van der Waals surface area contributed by atoms with Crippen LogP contribution in [0.2, 0.25) is 0 Å². The lowest BCUT2D eigenvalue weighted by atomic mass is 10.3. The quantitative estimate of drug-likeness (QED) is 0.610. The number of aliphatic hydroxyl groups is 1. The average Bonchev–Trinajstić information content (AvgIpc) is 2.14. The van der Waals surface area contributed by atoms with Crippen molar-refractivity contribution in [3.05, 3.63) is 0 Å². The number of methoxy groups -OCH3 is 1. The number of hydrogen-bond acceptors (Lipinski definition) is 4. The van der Waals surface area contributed by atoms with Crippen LogP contribution in [0.1, 0.15) is 6.42 Å². The Morgan fingerprint density at radius 2 is 2.38 bits per heavy atom. The highest BCUT2D eigenvalue weighted by molar-refractivity contribution is 7.98. The molecule has 1 amide bonds. The number of amides is 1. The number of carbonyl (C=O) groups excluding carboxylic acids is 1. The predicted octanol–water partition coefficient (Wildman–Crippen LogP) is -0.137. The Morgan fingerprint density at radius 3 is 2.85 bits per heavy atom. The molecule has 0 saturated carbocycles. The molecule has 0 aliphatic rings. The van der Waals surface area contributed by atoms with E-state index in [1.165, 1.54) is 7.11 Å². The van der Waals surface area contributed by atoms with E-state index in [2.05, 4.69) is 5.32 Å². The first-order chi connectivity index (χ1) is 6.24. The molecule has 0 bridgehead atoms. The van der Waals surface area contributed by atoms with E-state index >= 15 is 0 Å². The minimum absolute atomic E-state index is 0.0366. The van der Waals surface area contributed by atoms with Crippen molar-refractivity contribution in [3.63, 3.8) is 0 Å². The van der Waals surface area contributed by atoms with Crippen LogP contribution in [0.15, 0.2) is 0 Å². The normalized spacial score (nSPS) is 12.5. The van der Waals surface area contributed by atoms with Crippen LogP contribution < -0.4 is 5.32 Å². The summed E-state index contributed by atoms with van der Waals surface area (Å²) in [5.41, 5.74) is 0. The summed E-state index contributed by atoms with van der Waals surface area (Å²) in [7, 11) is 1.54. The standard InChI is InChI=1S/C8H17NO3S/c1-12-6-7(5-10)9-8(11)3-4-13-2/h7,10H,3-6H2,1-2H3,(H,9,11). The van der Waals surface area contributed by atoms with Crippen LogP contribution in [0.25, 0.3) is 0 Å². The maximum atomic E-state index is 11.2. The molecule has 13 heavy (non-hydrogen) atoms. The fourth-order valence-electron chi connectivity index (χ4n) is 0.836. The van der Waals surface area contributed by atoms with E-state index in [4.69, 9.17) is 9.84 Å². The van der Waals surface area contributed by atoms with Crippen LogP contribution in [0, 0.1) is 0 Å². The van der Waals surface area contributed by atoms with Crippen LogP contribution in [-0.4, -0.2) is 49.4 Å². The van der Waals surface area contributed by atoms with Gasteiger partial charge in [0.15, 0.2) is 0 Å². The van der Waals surface area contributed by atoms with Gasteiger partial charge in [-0.2, -0.15) is 11.8 Å². The Balaban J connectivity index is 3.60. The maximum Gasteiger partial charge on any atom is 0.221 e. The molecule has 0 heterocycles. The maximum absolute atomic E-state index is 11.2. The van der Waals surface area contributed by atoms with E-state index in [-0.39, 0.29) is 18.6 Å². The second kappa shape index (κ2) is 8.34. The van der Waals surface area contributed by atoms with Gasteiger partial charge in [0.1, 0.15) is 0 Å². The van der Waals surface area contributed by atoms with Gasteiger partial charge in [-0.05, 0) is 6.26 Å². The molecule has 0 aliphatic heterocycles. The molecule has 0 aromatic rings. The van der Waals surface area contributed by atoms with Crippen molar-refractivity contribution in [1.82, 2.24) is 5.32 Å². The molecule has 0 aromatic carbocycles. The third-order valence-corrected chi connectivity index (χ3v) is 2.10. The first-order valence-corrected chi connectivity index (χ1v) is 5.52. The summed E-state index contributed by atoms with van der Waals surface area (Å²) in [6.07, 6.45) is 2.44. The number of rotatable bonds is 7. The highest BCUT2D eigenvalue weighted by Crippen LogP contribution is 1.95. The third-order valence-electron chi connectivity index (χ3n) is 1.49. The topological polar surface area (TPSA) is 58.6 Å². The lowest BCUT2D eigenvalue weighted by Gasteiger charge is -2.14. The van der Waals surface area contributed by atoms with Gasteiger partial charge in [-0.25, -0.2) is 0 Å². The van der Waals surface area contributed by atoms with Crippen LogP contribution in [0.3, 0.4) is 0 Å². The number of thioether (sulfide) groups is 1. The Labute approximate surface area is 83.0 Å². The van der Waals surface area contributed by atoms with Crippen LogP contribution >= 0.6 is 11.8 Å². The van der Waals surface area contributed by atoms with Crippen molar-refractivity contribution in [2.45, 2.75) is 12.5 Å². The van der Waals surface area contributed by atoms with Gasteiger partial charge in [0.2, 0.25) is 5.91 Å². The number of nitrogens with one attached hydrogen (secondary N) is 1. The van der Waals surface area contributed by atoms with Crippen LogP contribution in [0.5, 0.6) is 0 Å². The fraction of sp³-hybridized carbons (Fsp3) is 0.875. The van der Waals surface area contributed by atoms with E-state index in [1.54, 1.807) is 11.8 Å². The Hall–Kier alpha value is -0.260. The van der Waals surface area contributed by atoms with Gasteiger partial charge in [-0.3, -0.25) is 4.79 Å². The molecule has 4 nitrogen and oxygen atoms in total. The highest BCUT2D eigenvalue weighted by Gasteiger charge is 2.09. The molecule has 0 saturated heterocycles. The van der Waals surface area contributed by atoms with E-state index in [1.807, 2.05) is 6.26 Å². The zero-order valence-corrected chi connectivity index (χ0v) is 8.89. The third kappa shape index (κ3) is 6.86. The number of hydrogen-bond donors (Lipinski definition) is 2.